The lowest BCUT2D eigenvalue weighted by molar-refractivity contribution is -0.245. The third kappa shape index (κ3) is 8.53. The van der Waals surface area contributed by atoms with Gasteiger partial charge in [0, 0.05) is 6.42 Å². The van der Waals surface area contributed by atoms with E-state index in [1.807, 2.05) is 6.92 Å². The van der Waals surface area contributed by atoms with Gasteiger partial charge in [-0.15, -0.1) is 0 Å². The fraction of sp³-hybridized carbons (Fsp3) is 0.864. The van der Waals surface area contributed by atoms with Gasteiger partial charge in [-0.2, -0.15) is 9.05 Å². The van der Waals surface area contributed by atoms with Crippen molar-refractivity contribution in [2.45, 2.75) is 97.3 Å². The van der Waals surface area contributed by atoms with Gasteiger partial charge in [0.1, 0.15) is 13.2 Å². The second kappa shape index (κ2) is 13.6. The molecule has 1 unspecified atom stereocenters. The van der Waals surface area contributed by atoms with Crippen LogP contribution < -0.4 is 4.89 Å². The molecule has 2 aliphatic rings. The van der Waals surface area contributed by atoms with E-state index in [9.17, 15) is 9.69 Å². The maximum atomic E-state index is 12.9. The van der Waals surface area contributed by atoms with Crippen LogP contribution in [0.1, 0.15) is 97.3 Å². The molecule has 2 atom stereocenters. The van der Waals surface area contributed by atoms with Crippen molar-refractivity contribution in [3.05, 3.63) is 11.3 Å². The molecule has 0 aromatic rings. The Labute approximate surface area is 177 Å². The van der Waals surface area contributed by atoms with Crippen molar-refractivity contribution in [2.24, 2.45) is 5.92 Å². The lowest BCUT2D eigenvalue weighted by atomic mass is 10.0. The van der Waals surface area contributed by atoms with E-state index >= 15 is 0 Å². The van der Waals surface area contributed by atoms with Crippen LogP contribution in [0, 0.1) is 5.92 Å². The average molecular weight is 431 g/mol. The first-order chi connectivity index (χ1) is 14.1. The molecule has 0 radical (unpaired) electrons. The summed E-state index contributed by atoms with van der Waals surface area (Å²) in [7, 11) is -3.67. The van der Waals surface area contributed by atoms with E-state index in [1.54, 1.807) is 0 Å². The average Bonchev–Trinajstić information content (AvgIpc) is 3.00. The summed E-state index contributed by atoms with van der Waals surface area (Å²) in [5.74, 6) is -0.189. The normalized spacial score (nSPS) is 24.2. The monoisotopic (exact) mass is 430 g/mol. The zero-order valence-electron chi connectivity index (χ0n) is 18.3. The molecule has 0 bridgehead atoms. The van der Waals surface area contributed by atoms with Crippen LogP contribution in [0.4, 0.5) is 0 Å². The highest BCUT2D eigenvalue weighted by molar-refractivity contribution is 7.54. The van der Waals surface area contributed by atoms with E-state index in [1.165, 1.54) is 57.8 Å². The van der Waals surface area contributed by atoms with E-state index in [4.69, 9.17) is 18.3 Å². The van der Waals surface area contributed by atoms with Gasteiger partial charge in [0.15, 0.2) is 5.76 Å². The Hall–Kier alpha value is -0.680. The highest BCUT2D eigenvalue weighted by Crippen LogP contribution is 2.59. The van der Waals surface area contributed by atoms with Crippen LogP contribution in [0.2, 0.25) is 0 Å². The van der Waals surface area contributed by atoms with Crippen LogP contribution in [0.25, 0.3) is 0 Å². The molecular weight excluding hydrogens is 391 g/mol. The summed E-state index contributed by atoms with van der Waals surface area (Å²) in [6.07, 6.45) is 15.0. The number of allylic oxidation sites excluding steroid dienone is 1. The molecule has 0 N–H and O–H groups in total. The number of ether oxygens (including phenoxy) is 1. The fourth-order valence-electron chi connectivity index (χ4n) is 3.78. The third-order valence-corrected chi connectivity index (χ3v) is 6.88. The summed E-state index contributed by atoms with van der Waals surface area (Å²) in [6.45, 7) is 4.96. The molecular formula is C22H39O6P. The minimum atomic E-state index is -3.67. The Morgan fingerprint density at radius 1 is 0.931 bits per heavy atom. The molecule has 7 heteroatoms. The number of hydrogen-bond donors (Lipinski definition) is 0. The Morgan fingerprint density at radius 3 is 2.17 bits per heavy atom. The van der Waals surface area contributed by atoms with Crippen LogP contribution in [-0.2, 0) is 23.1 Å². The number of esters is 1. The van der Waals surface area contributed by atoms with Crippen LogP contribution in [0.3, 0.4) is 0 Å². The second-order valence-electron chi connectivity index (χ2n) is 8.09. The predicted molar refractivity (Wildman–Crippen MR) is 113 cm³/mol. The van der Waals surface area contributed by atoms with Crippen LogP contribution >= 0.6 is 8.17 Å². The molecule has 2 aliphatic heterocycles. The van der Waals surface area contributed by atoms with E-state index in [2.05, 4.69) is 6.92 Å². The lowest BCUT2D eigenvalue weighted by Gasteiger charge is -2.24. The maximum Gasteiger partial charge on any atom is 0.428 e. The number of phosphoric acid groups is 1. The summed E-state index contributed by atoms with van der Waals surface area (Å²) in [5.41, 5.74) is 0.475. The molecule has 0 spiro atoms. The number of fused-ring (bicyclic) bond motifs is 1. The molecule has 2 heterocycles. The predicted octanol–water partition coefficient (Wildman–Crippen LogP) is 5.63. The standard InChI is InChI=1S/C22H39O6P/c1-3-5-6-7-8-9-10-11-12-13-14-16-26-29(24)27-18-19-17-25-22(23)21(19)20(28-29)15-4-2/h19H,3-18H2,1-2H3/t19-,29?/m0/s1. The fourth-order valence-corrected chi connectivity index (χ4v) is 5.14. The van der Waals surface area contributed by atoms with Crippen LogP contribution in [0.15, 0.2) is 11.3 Å². The second-order valence-corrected chi connectivity index (χ2v) is 9.68. The Bertz CT molecular complexity index is 523. The zero-order chi connectivity index (χ0) is 21.0. The van der Waals surface area contributed by atoms with Crippen molar-refractivity contribution in [3.8, 4) is 0 Å². The number of carbonyl (C=O) groups is 1. The number of rotatable bonds is 15. The highest BCUT2D eigenvalue weighted by atomic mass is 31.2. The first-order valence-corrected chi connectivity index (χ1v) is 13.0. The summed E-state index contributed by atoms with van der Waals surface area (Å²) in [6, 6.07) is 0. The number of cyclic esters (lactones) is 1. The molecule has 0 aromatic heterocycles. The van der Waals surface area contributed by atoms with Gasteiger partial charge in [-0.3, -0.25) is 4.52 Å². The molecule has 1 fully saturated rings. The summed E-state index contributed by atoms with van der Waals surface area (Å²) >= 11 is 0. The van der Waals surface area contributed by atoms with Crippen LogP contribution in [0.5, 0.6) is 0 Å². The first-order valence-electron chi connectivity index (χ1n) is 11.6. The molecule has 29 heavy (non-hydrogen) atoms. The number of hydrogen-bond acceptors (Lipinski definition) is 6. The Balaban J connectivity index is 1.62. The Kier molecular flexibility index (Phi) is 11.5. The largest absolute Gasteiger partial charge is 0.598 e. The molecule has 6 nitrogen and oxygen atoms in total. The van der Waals surface area contributed by atoms with Crippen molar-refractivity contribution >= 4 is 14.1 Å². The third-order valence-electron chi connectivity index (χ3n) is 5.47. The first kappa shape index (κ1) is 24.6. The van der Waals surface area contributed by atoms with E-state index in [0.29, 0.717) is 24.4 Å². The smallest absolute Gasteiger partial charge is 0.428 e. The van der Waals surface area contributed by atoms with Crippen molar-refractivity contribution in [3.63, 3.8) is 0 Å². The van der Waals surface area contributed by atoms with Gasteiger partial charge in [-0.05, 0) is 12.8 Å². The quantitative estimate of drug-likeness (QED) is 0.190. The van der Waals surface area contributed by atoms with E-state index in [0.717, 1.165) is 19.3 Å². The van der Waals surface area contributed by atoms with Gasteiger partial charge in [-0.1, -0.05) is 78.1 Å². The number of carbonyl (C=O) groups excluding carboxylic acids is 1. The Morgan fingerprint density at radius 2 is 1.55 bits per heavy atom. The van der Waals surface area contributed by atoms with Crippen molar-refractivity contribution in [2.75, 3.05) is 19.8 Å². The minimum Gasteiger partial charge on any atom is -0.598 e. The molecule has 1 saturated heterocycles. The molecule has 0 aromatic carbocycles. The highest BCUT2D eigenvalue weighted by Gasteiger charge is 2.46. The molecule has 2 rings (SSSR count). The van der Waals surface area contributed by atoms with Gasteiger partial charge in [0.25, 0.3) is 0 Å². The minimum absolute atomic E-state index is 0.129. The van der Waals surface area contributed by atoms with Gasteiger partial charge in [0.2, 0.25) is 0 Å². The summed E-state index contributed by atoms with van der Waals surface area (Å²) < 4.78 is 21.7. The summed E-state index contributed by atoms with van der Waals surface area (Å²) in [4.78, 5) is 24.9. The van der Waals surface area contributed by atoms with Gasteiger partial charge < -0.3 is 9.63 Å². The topological polar surface area (TPSA) is 77.0 Å². The van der Waals surface area contributed by atoms with Gasteiger partial charge in [0.05, 0.1) is 18.1 Å². The lowest BCUT2D eigenvalue weighted by Crippen LogP contribution is -2.20. The molecule has 0 amide bonds. The maximum absolute atomic E-state index is 12.9. The zero-order valence-corrected chi connectivity index (χ0v) is 19.2. The van der Waals surface area contributed by atoms with Gasteiger partial charge in [-0.25, -0.2) is 4.79 Å². The van der Waals surface area contributed by atoms with Gasteiger partial charge >= 0.3 is 14.1 Å². The van der Waals surface area contributed by atoms with Crippen LogP contribution in [-0.4, -0.2) is 25.8 Å². The molecule has 0 aliphatic carbocycles. The SMILES string of the molecule is CCCCCCCCCCCCCO[P+]1([O-])OC[C@@H]2COC(=O)C2=C(CCC)O1. The van der Waals surface area contributed by atoms with Crippen molar-refractivity contribution < 1.29 is 28.0 Å². The van der Waals surface area contributed by atoms with E-state index < -0.39 is 8.17 Å². The molecule has 168 valence electrons. The van der Waals surface area contributed by atoms with Crippen molar-refractivity contribution in [1.82, 2.24) is 0 Å². The summed E-state index contributed by atoms with van der Waals surface area (Å²) in [5, 5.41) is 0. The number of phosphoric ester groups is 1. The number of unbranched alkanes of at least 4 members (excludes halogenated alkanes) is 10. The van der Waals surface area contributed by atoms with Crippen molar-refractivity contribution in [1.29, 1.82) is 0 Å². The van der Waals surface area contributed by atoms with E-state index in [-0.39, 0.29) is 25.1 Å². The molecule has 0 saturated carbocycles.